The van der Waals surface area contributed by atoms with Gasteiger partial charge in [-0.2, -0.15) is 0 Å². The molecule has 0 aliphatic rings. The predicted octanol–water partition coefficient (Wildman–Crippen LogP) is 2.84. The molecule has 0 aliphatic carbocycles. The molecule has 0 rings (SSSR count). The summed E-state index contributed by atoms with van der Waals surface area (Å²) in [4.78, 5) is 20.3. The molecule has 13 heavy (non-hydrogen) atoms. The van der Waals surface area contributed by atoms with E-state index in [1.54, 1.807) is 0 Å². The fraction of sp³-hybridized carbons (Fsp3) is 0.500. The summed E-state index contributed by atoms with van der Waals surface area (Å²) >= 11 is 15.7. The number of carboxylic acid groups (broad SMARTS) is 1. The number of hydrogen-bond acceptors (Lipinski definition) is 5. The van der Waals surface area contributed by atoms with Gasteiger partial charge in [-0.05, 0) is 0 Å². The highest BCUT2D eigenvalue weighted by Gasteiger charge is 2.23. The second-order valence-corrected chi connectivity index (χ2v) is 4.77. The molecule has 0 fully saturated rings. The average Bonchev–Trinajstić information content (AvgIpc) is 1.95. The van der Waals surface area contributed by atoms with Crippen molar-refractivity contribution in [1.29, 1.82) is 0 Å². The summed E-state index contributed by atoms with van der Waals surface area (Å²) in [5, 5.41) is 6.96. The minimum Gasteiger partial charge on any atom is -0.451 e. The number of ether oxygens (including phenoxy) is 1. The minimum atomic E-state index is -1.72. The zero-order valence-electron chi connectivity index (χ0n) is 5.83. The Morgan fingerprint density at radius 3 is 2.31 bits per heavy atom. The van der Waals surface area contributed by atoms with E-state index >= 15 is 0 Å². The summed E-state index contributed by atoms with van der Waals surface area (Å²) in [6.07, 6.45) is -1.61. The minimum absolute atomic E-state index is 0.0114. The molecule has 0 aliphatic heterocycles. The summed E-state index contributed by atoms with van der Waals surface area (Å²) in [5.74, 6) is 0. The lowest BCUT2D eigenvalue weighted by Gasteiger charge is -2.09. The number of alkyl halides is 3. The molecule has 0 atom stereocenters. The normalized spacial score (nSPS) is 10.7. The fourth-order valence-corrected chi connectivity index (χ4v) is 0.645. The molecule has 0 amide bonds. The molecular weight excluding hydrogens is 266 g/mol. The van der Waals surface area contributed by atoms with Crippen LogP contribution in [0.1, 0.15) is 0 Å². The smallest absolute Gasteiger partial charge is 0.451 e. The van der Waals surface area contributed by atoms with E-state index in [4.69, 9.17) is 39.9 Å². The van der Waals surface area contributed by atoms with Gasteiger partial charge in [0.15, 0.2) is 12.0 Å². The standard InChI is InChI=1S/C4H3Cl3O5S/c5-4(6,7)1-11-3(10)13-12-2(8)9/h1H2,(H,8,9). The van der Waals surface area contributed by atoms with Gasteiger partial charge in [-0.25, -0.2) is 9.59 Å². The SMILES string of the molecule is O=C(O)OSC(=O)OCC(Cl)(Cl)Cl. The van der Waals surface area contributed by atoms with Crippen LogP contribution in [0.25, 0.3) is 0 Å². The summed E-state index contributed by atoms with van der Waals surface area (Å²) in [6, 6.07) is 0. The Balaban J connectivity index is 3.58. The molecule has 0 bridgehead atoms. The maximum atomic E-state index is 10.6. The zero-order valence-corrected chi connectivity index (χ0v) is 8.91. The van der Waals surface area contributed by atoms with Gasteiger partial charge in [0, 0.05) is 0 Å². The summed E-state index contributed by atoms with van der Waals surface area (Å²) < 4.78 is 6.37. The van der Waals surface area contributed by atoms with Crippen molar-refractivity contribution < 1.29 is 23.6 Å². The third kappa shape index (κ3) is 9.88. The Kier molecular flexibility index (Phi) is 5.62. The van der Waals surface area contributed by atoms with Crippen molar-refractivity contribution in [2.45, 2.75) is 3.79 Å². The van der Waals surface area contributed by atoms with Gasteiger partial charge in [-0.3, -0.25) is 0 Å². The maximum absolute atomic E-state index is 10.6. The molecule has 0 unspecified atom stereocenters. The van der Waals surface area contributed by atoms with Crippen LogP contribution in [0.4, 0.5) is 9.59 Å². The molecule has 0 saturated carbocycles. The van der Waals surface area contributed by atoms with E-state index in [1.165, 1.54) is 0 Å². The molecule has 0 heterocycles. The topological polar surface area (TPSA) is 72.8 Å². The van der Waals surface area contributed by atoms with E-state index in [0.29, 0.717) is 0 Å². The third-order valence-electron chi connectivity index (χ3n) is 0.535. The quantitative estimate of drug-likeness (QED) is 0.448. The van der Waals surface area contributed by atoms with Crippen LogP contribution in [0.3, 0.4) is 0 Å². The Bertz CT molecular complexity index is 202. The van der Waals surface area contributed by atoms with Gasteiger partial charge in [-0.15, -0.1) is 0 Å². The molecule has 0 radical (unpaired) electrons. The second kappa shape index (κ2) is 5.64. The first kappa shape index (κ1) is 13.0. The van der Waals surface area contributed by atoms with E-state index in [1.807, 2.05) is 0 Å². The van der Waals surface area contributed by atoms with Crippen LogP contribution in [0, 0.1) is 0 Å². The summed E-state index contributed by atoms with van der Waals surface area (Å²) in [5.41, 5.74) is 0. The van der Waals surface area contributed by atoms with Gasteiger partial charge < -0.3 is 14.0 Å². The molecule has 5 nitrogen and oxygen atoms in total. The van der Waals surface area contributed by atoms with Gasteiger partial charge in [-0.1, -0.05) is 34.8 Å². The Hall–Kier alpha value is -0.0400. The highest BCUT2D eigenvalue weighted by molar-refractivity contribution is 8.09. The lowest BCUT2D eigenvalue weighted by Crippen LogP contribution is -2.15. The zero-order chi connectivity index (χ0) is 10.5. The Morgan fingerprint density at radius 2 is 1.92 bits per heavy atom. The highest BCUT2D eigenvalue weighted by Crippen LogP contribution is 2.26. The Labute approximate surface area is 92.4 Å². The molecular formula is C4H3Cl3O5S. The highest BCUT2D eigenvalue weighted by atomic mass is 35.6. The Morgan fingerprint density at radius 1 is 1.38 bits per heavy atom. The third-order valence-corrected chi connectivity index (χ3v) is 1.34. The number of carbonyl (C=O) groups is 2. The first-order valence-electron chi connectivity index (χ1n) is 2.62. The van der Waals surface area contributed by atoms with Crippen molar-refractivity contribution in [3.8, 4) is 0 Å². The average molecular weight is 269 g/mol. The first-order valence-corrected chi connectivity index (χ1v) is 4.50. The largest absolute Gasteiger partial charge is 0.518 e. The van der Waals surface area contributed by atoms with Crippen LogP contribution in [0.2, 0.25) is 0 Å². The summed E-state index contributed by atoms with van der Waals surface area (Å²) in [6.45, 7) is -0.480. The fourth-order valence-electron chi connectivity index (χ4n) is 0.234. The van der Waals surface area contributed by atoms with Crippen LogP contribution in [-0.4, -0.2) is 27.0 Å². The van der Waals surface area contributed by atoms with E-state index in [9.17, 15) is 9.59 Å². The molecule has 9 heteroatoms. The lowest BCUT2D eigenvalue weighted by molar-refractivity contribution is 0.149. The van der Waals surface area contributed by atoms with Gasteiger partial charge in [0.25, 0.3) is 0 Å². The molecule has 0 spiro atoms. The number of halogens is 3. The molecule has 76 valence electrons. The second-order valence-electron chi connectivity index (χ2n) is 1.59. The van der Waals surface area contributed by atoms with Crippen molar-refractivity contribution in [3.63, 3.8) is 0 Å². The summed E-state index contributed by atoms with van der Waals surface area (Å²) in [7, 11) is 0. The molecule has 0 saturated heterocycles. The van der Waals surface area contributed by atoms with Crippen LogP contribution < -0.4 is 0 Å². The van der Waals surface area contributed by atoms with Gasteiger partial charge in [0.1, 0.15) is 6.61 Å². The van der Waals surface area contributed by atoms with Gasteiger partial charge in [0.05, 0.1) is 0 Å². The monoisotopic (exact) mass is 268 g/mol. The van der Waals surface area contributed by atoms with Gasteiger partial charge in [0.2, 0.25) is 3.79 Å². The molecule has 0 aromatic carbocycles. The van der Waals surface area contributed by atoms with Crippen molar-refractivity contribution in [3.05, 3.63) is 0 Å². The van der Waals surface area contributed by atoms with Gasteiger partial charge >= 0.3 is 11.5 Å². The van der Waals surface area contributed by atoms with Crippen LogP contribution in [0.5, 0.6) is 0 Å². The van der Waals surface area contributed by atoms with E-state index in [-0.39, 0.29) is 12.0 Å². The molecule has 0 aromatic rings. The van der Waals surface area contributed by atoms with E-state index in [0.717, 1.165) is 0 Å². The van der Waals surface area contributed by atoms with Crippen molar-refractivity contribution in [1.82, 2.24) is 0 Å². The van der Waals surface area contributed by atoms with Crippen molar-refractivity contribution >= 4 is 58.3 Å². The van der Waals surface area contributed by atoms with Crippen LogP contribution >= 0.6 is 46.8 Å². The van der Waals surface area contributed by atoms with Crippen LogP contribution in [-0.2, 0) is 8.92 Å². The molecule has 1 N–H and O–H groups in total. The predicted molar refractivity (Wildman–Crippen MR) is 48.3 cm³/mol. The first-order chi connectivity index (χ1) is 5.81. The maximum Gasteiger partial charge on any atom is 0.518 e. The number of rotatable bonds is 1. The van der Waals surface area contributed by atoms with Crippen LogP contribution in [0.15, 0.2) is 0 Å². The number of hydrogen-bond donors (Lipinski definition) is 1. The number of carbonyl (C=O) groups excluding carboxylic acids is 1. The van der Waals surface area contributed by atoms with E-state index in [2.05, 4.69) is 8.92 Å². The molecule has 0 aromatic heterocycles. The van der Waals surface area contributed by atoms with Crippen molar-refractivity contribution in [2.24, 2.45) is 0 Å². The lowest BCUT2D eigenvalue weighted by atomic mass is 10.8. The van der Waals surface area contributed by atoms with E-state index < -0.39 is 21.9 Å². The van der Waals surface area contributed by atoms with Crippen molar-refractivity contribution in [2.75, 3.05) is 6.61 Å².